The Hall–Kier alpha value is -2.14. The fourth-order valence-electron chi connectivity index (χ4n) is 3.09. The van der Waals surface area contributed by atoms with E-state index in [1.54, 1.807) is 0 Å². The van der Waals surface area contributed by atoms with Gasteiger partial charge in [0.05, 0.1) is 0 Å². The maximum Gasteiger partial charge on any atom is 0.223 e. The molecule has 1 fully saturated rings. The number of nitrogens with one attached hydrogen (secondary N) is 1. The lowest BCUT2D eigenvalue weighted by molar-refractivity contribution is -0.127. The molecule has 3 rings (SSSR count). The van der Waals surface area contributed by atoms with E-state index in [-0.39, 0.29) is 11.8 Å². The normalized spacial score (nSPS) is 15.4. The first kappa shape index (κ1) is 16.7. The van der Waals surface area contributed by atoms with Gasteiger partial charge in [-0.25, -0.2) is 4.98 Å². The Morgan fingerprint density at radius 1 is 1.29 bits per heavy atom. The van der Waals surface area contributed by atoms with Gasteiger partial charge in [0.2, 0.25) is 5.91 Å². The third-order valence-corrected chi connectivity index (χ3v) is 4.56. The molecule has 24 heavy (non-hydrogen) atoms. The molecule has 1 amide bonds. The molecule has 0 radical (unpaired) electrons. The van der Waals surface area contributed by atoms with Gasteiger partial charge in [0.25, 0.3) is 0 Å². The number of imidazole rings is 1. The molecular weight excluding hydrogens is 302 g/mol. The molecule has 1 N–H and O–H groups in total. The molecule has 0 spiro atoms. The molecule has 5 heteroatoms. The van der Waals surface area contributed by atoms with Crippen molar-refractivity contribution in [3.8, 4) is 0 Å². The van der Waals surface area contributed by atoms with Crippen molar-refractivity contribution in [2.75, 3.05) is 19.8 Å². The highest BCUT2D eigenvalue weighted by atomic mass is 16.5. The Kier molecular flexibility index (Phi) is 5.64. The van der Waals surface area contributed by atoms with Crippen LogP contribution in [0.3, 0.4) is 0 Å². The summed E-state index contributed by atoms with van der Waals surface area (Å²) in [5, 5.41) is 3.05. The van der Waals surface area contributed by atoms with Crippen LogP contribution in [0.1, 0.15) is 29.9 Å². The summed E-state index contributed by atoms with van der Waals surface area (Å²) in [4.78, 5) is 16.7. The Labute approximate surface area is 143 Å². The Bertz CT molecular complexity index is 661. The lowest BCUT2D eigenvalue weighted by Crippen LogP contribution is -2.35. The summed E-state index contributed by atoms with van der Waals surface area (Å²) in [5.41, 5.74) is 2.40. The number of carbonyl (C=O) groups is 1. The number of nitrogens with zero attached hydrogens (tertiary/aromatic N) is 2. The average molecular weight is 327 g/mol. The smallest absolute Gasteiger partial charge is 0.223 e. The molecule has 0 atom stereocenters. The topological polar surface area (TPSA) is 56.1 Å². The third kappa shape index (κ3) is 4.23. The molecule has 2 aromatic rings. The number of aromatic nitrogens is 2. The highest BCUT2D eigenvalue weighted by molar-refractivity contribution is 5.78. The largest absolute Gasteiger partial charge is 0.381 e. The molecule has 0 unspecified atom stereocenters. The van der Waals surface area contributed by atoms with Gasteiger partial charge in [0.1, 0.15) is 5.82 Å². The minimum atomic E-state index is 0.101. The van der Waals surface area contributed by atoms with Crippen molar-refractivity contribution in [2.45, 2.75) is 32.7 Å². The minimum absolute atomic E-state index is 0.101. The zero-order chi connectivity index (χ0) is 16.8. The van der Waals surface area contributed by atoms with Crippen LogP contribution in [0.5, 0.6) is 0 Å². The van der Waals surface area contributed by atoms with E-state index in [9.17, 15) is 4.79 Å². The van der Waals surface area contributed by atoms with Gasteiger partial charge in [-0.15, -0.1) is 0 Å². The van der Waals surface area contributed by atoms with Gasteiger partial charge >= 0.3 is 0 Å². The van der Waals surface area contributed by atoms with Crippen molar-refractivity contribution in [2.24, 2.45) is 5.92 Å². The van der Waals surface area contributed by atoms with E-state index >= 15 is 0 Å². The first-order valence-electron chi connectivity index (χ1n) is 8.64. The van der Waals surface area contributed by atoms with Gasteiger partial charge in [-0.05, 0) is 25.3 Å². The van der Waals surface area contributed by atoms with Gasteiger partial charge in [-0.1, -0.05) is 30.3 Å². The fourth-order valence-corrected chi connectivity index (χ4v) is 3.09. The van der Waals surface area contributed by atoms with Gasteiger partial charge < -0.3 is 14.6 Å². The van der Waals surface area contributed by atoms with Crippen molar-refractivity contribution < 1.29 is 9.53 Å². The number of rotatable bonds is 6. The van der Waals surface area contributed by atoms with Crippen LogP contribution in [-0.2, 0) is 22.5 Å². The molecule has 5 nitrogen and oxygen atoms in total. The maximum absolute atomic E-state index is 12.2. The zero-order valence-corrected chi connectivity index (χ0v) is 14.2. The van der Waals surface area contributed by atoms with E-state index < -0.39 is 0 Å². The minimum Gasteiger partial charge on any atom is -0.381 e. The standard InChI is InChI=1S/C19H25N3O2/c1-15-13-21-18(22(15)14-16-5-3-2-4-6-16)7-10-20-19(23)17-8-11-24-12-9-17/h2-6,13,17H,7-12,14H2,1H3,(H,20,23). The summed E-state index contributed by atoms with van der Waals surface area (Å²) in [6.45, 7) is 4.90. The van der Waals surface area contributed by atoms with E-state index in [2.05, 4.69) is 46.1 Å². The number of amides is 1. The number of hydrogen-bond donors (Lipinski definition) is 1. The molecule has 1 saturated heterocycles. The lowest BCUT2D eigenvalue weighted by Gasteiger charge is -2.21. The SMILES string of the molecule is Cc1cnc(CCNC(=O)C2CCOCC2)n1Cc1ccccc1. The summed E-state index contributed by atoms with van der Waals surface area (Å²) < 4.78 is 7.52. The molecular formula is C19H25N3O2. The van der Waals surface area contributed by atoms with Crippen LogP contribution in [0.25, 0.3) is 0 Å². The fraction of sp³-hybridized carbons (Fsp3) is 0.474. The van der Waals surface area contributed by atoms with E-state index in [1.807, 2.05) is 12.3 Å². The molecule has 0 bridgehead atoms. The number of aryl methyl sites for hydroxylation is 1. The summed E-state index contributed by atoms with van der Waals surface area (Å²) >= 11 is 0. The van der Waals surface area contributed by atoms with Crippen LogP contribution >= 0.6 is 0 Å². The van der Waals surface area contributed by atoms with Crippen LogP contribution < -0.4 is 5.32 Å². The molecule has 1 aromatic carbocycles. The Morgan fingerprint density at radius 3 is 2.79 bits per heavy atom. The van der Waals surface area contributed by atoms with E-state index in [0.29, 0.717) is 19.8 Å². The second-order valence-electron chi connectivity index (χ2n) is 6.32. The molecule has 1 aliphatic rings. The second kappa shape index (κ2) is 8.11. The Balaban J connectivity index is 1.55. The molecule has 2 heterocycles. The molecule has 0 saturated carbocycles. The number of benzene rings is 1. The predicted octanol–water partition coefficient (Wildman–Crippen LogP) is 2.33. The van der Waals surface area contributed by atoms with Crippen molar-refractivity contribution >= 4 is 5.91 Å². The van der Waals surface area contributed by atoms with Gasteiger partial charge in [0.15, 0.2) is 0 Å². The third-order valence-electron chi connectivity index (χ3n) is 4.56. The van der Waals surface area contributed by atoms with Crippen LogP contribution in [-0.4, -0.2) is 35.2 Å². The summed E-state index contributed by atoms with van der Waals surface area (Å²) in [5.74, 6) is 1.27. The molecule has 1 aromatic heterocycles. The van der Waals surface area contributed by atoms with Crippen LogP contribution in [0, 0.1) is 12.8 Å². The molecule has 1 aliphatic heterocycles. The van der Waals surface area contributed by atoms with E-state index in [1.165, 1.54) is 5.56 Å². The molecule has 128 valence electrons. The average Bonchev–Trinajstić information content (AvgIpc) is 2.97. The summed E-state index contributed by atoms with van der Waals surface area (Å²) in [6.07, 6.45) is 4.30. The maximum atomic E-state index is 12.2. The van der Waals surface area contributed by atoms with Crippen molar-refractivity contribution in [3.63, 3.8) is 0 Å². The van der Waals surface area contributed by atoms with Gasteiger partial charge in [-0.2, -0.15) is 0 Å². The quantitative estimate of drug-likeness (QED) is 0.886. The highest BCUT2D eigenvalue weighted by Crippen LogP contribution is 2.14. The predicted molar refractivity (Wildman–Crippen MR) is 92.8 cm³/mol. The lowest BCUT2D eigenvalue weighted by atomic mass is 9.99. The summed E-state index contributed by atoms with van der Waals surface area (Å²) in [7, 11) is 0. The van der Waals surface area contributed by atoms with E-state index in [0.717, 1.165) is 37.3 Å². The van der Waals surface area contributed by atoms with Crippen LogP contribution in [0.4, 0.5) is 0 Å². The van der Waals surface area contributed by atoms with Gasteiger partial charge in [0, 0.05) is 50.5 Å². The first-order valence-corrected chi connectivity index (χ1v) is 8.64. The molecule has 0 aliphatic carbocycles. The van der Waals surface area contributed by atoms with Crippen LogP contribution in [0.15, 0.2) is 36.5 Å². The summed E-state index contributed by atoms with van der Waals surface area (Å²) in [6, 6.07) is 10.4. The van der Waals surface area contributed by atoms with Crippen molar-refractivity contribution in [1.82, 2.24) is 14.9 Å². The zero-order valence-electron chi connectivity index (χ0n) is 14.2. The number of hydrogen-bond acceptors (Lipinski definition) is 3. The number of carbonyl (C=O) groups excluding carboxylic acids is 1. The van der Waals surface area contributed by atoms with E-state index in [4.69, 9.17) is 4.74 Å². The monoisotopic (exact) mass is 327 g/mol. The Morgan fingerprint density at radius 2 is 2.04 bits per heavy atom. The van der Waals surface area contributed by atoms with Crippen molar-refractivity contribution in [1.29, 1.82) is 0 Å². The highest BCUT2D eigenvalue weighted by Gasteiger charge is 2.21. The second-order valence-corrected chi connectivity index (χ2v) is 6.32. The van der Waals surface area contributed by atoms with Crippen LogP contribution in [0.2, 0.25) is 0 Å². The van der Waals surface area contributed by atoms with Gasteiger partial charge in [-0.3, -0.25) is 4.79 Å². The first-order chi connectivity index (χ1) is 11.7. The number of ether oxygens (including phenoxy) is 1. The van der Waals surface area contributed by atoms with Crippen molar-refractivity contribution in [3.05, 3.63) is 53.6 Å².